The van der Waals surface area contributed by atoms with Crippen LogP contribution in [0.4, 0.5) is 0 Å². The number of fused-ring (bicyclic) bond motifs is 1. The third-order valence-electron chi connectivity index (χ3n) is 7.61. The van der Waals surface area contributed by atoms with Crippen molar-refractivity contribution in [3.05, 3.63) is 72.3 Å². The summed E-state index contributed by atoms with van der Waals surface area (Å²) in [6.45, 7) is 6.20. The molecule has 0 saturated heterocycles. The first kappa shape index (κ1) is 19.5. The van der Waals surface area contributed by atoms with Gasteiger partial charge in [-0.1, -0.05) is 74.4 Å². The van der Waals surface area contributed by atoms with Gasteiger partial charge in [-0.25, -0.2) is 0 Å². The molecule has 4 rings (SSSR count). The molecule has 0 aliphatic heterocycles. The largest absolute Gasteiger partial charge is 0.103 e. The fourth-order valence-electron chi connectivity index (χ4n) is 5.74. The first-order chi connectivity index (χ1) is 13.8. The zero-order valence-electron chi connectivity index (χ0n) is 17.6. The van der Waals surface area contributed by atoms with Crippen molar-refractivity contribution in [3.8, 4) is 11.1 Å². The van der Waals surface area contributed by atoms with Crippen LogP contribution in [-0.4, -0.2) is 0 Å². The van der Waals surface area contributed by atoms with Crippen molar-refractivity contribution < 1.29 is 0 Å². The highest BCUT2D eigenvalue weighted by Crippen LogP contribution is 2.48. The van der Waals surface area contributed by atoms with Crippen molar-refractivity contribution in [2.75, 3.05) is 0 Å². The number of hydrogen-bond acceptors (Lipinski definition) is 0. The van der Waals surface area contributed by atoms with Gasteiger partial charge in [0, 0.05) is 0 Å². The molecule has 0 aromatic heterocycles. The Labute approximate surface area is 172 Å². The predicted octanol–water partition coefficient (Wildman–Crippen LogP) is 8.18. The highest BCUT2D eigenvalue weighted by Gasteiger charge is 2.35. The minimum absolute atomic E-state index is 0.787. The Balaban J connectivity index is 1.39. The maximum atomic E-state index is 3.82. The van der Waals surface area contributed by atoms with Gasteiger partial charge >= 0.3 is 0 Å². The summed E-state index contributed by atoms with van der Waals surface area (Å²) in [6.07, 6.45) is 14.3. The molecule has 2 aromatic carbocycles. The molecule has 0 bridgehead atoms. The van der Waals surface area contributed by atoms with Gasteiger partial charge < -0.3 is 0 Å². The standard InChI is InChI=1S/C28H36/c1-3-5-6-22-8-10-23(11-9-22)24-13-15-25(16-14-24)27-18-17-26-19-21(4-2)7-12-28(26)20-27/h3,8-11,13-16,21,26-28H,1,4-7,12,17-20H2,2H3/t21?,26-,27-,28-/m1/s1. The summed E-state index contributed by atoms with van der Waals surface area (Å²) in [4.78, 5) is 0. The first-order valence-electron chi connectivity index (χ1n) is 11.6. The van der Waals surface area contributed by atoms with E-state index < -0.39 is 0 Å². The van der Waals surface area contributed by atoms with Crippen molar-refractivity contribution in [2.45, 2.75) is 70.6 Å². The van der Waals surface area contributed by atoms with Gasteiger partial charge in [-0.2, -0.15) is 0 Å². The van der Waals surface area contributed by atoms with E-state index in [0.29, 0.717) is 0 Å². The van der Waals surface area contributed by atoms with Crippen LogP contribution in [0, 0.1) is 17.8 Å². The molecule has 0 N–H and O–H groups in total. The van der Waals surface area contributed by atoms with Gasteiger partial charge in [-0.05, 0) is 90.9 Å². The lowest BCUT2D eigenvalue weighted by atomic mass is 9.63. The molecule has 0 amide bonds. The molecule has 2 fully saturated rings. The van der Waals surface area contributed by atoms with E-state index in [4.69, 9.17) is 0 Å². The lowest BCUT2D eigenvalue weighted by Crippen LogP contribution is -2.30. The minimum Gasteiger partial charge on any atom is -0.103 e. The molecular weight excluding hydrogens is 336 g/mol. The van der Waals surface area contributed by atoms with E-state index in [9.17, 15) is 0 Å². The molecule has 0 radical (unpaired) electrons. The second-order valence-electron chi connectivity index (χ2n) is 9.26. The van der Waals surface area contributed by atoms with E-state index in [2.05, 4.69) is 62.0 Å². The van der Waals surface area contributed by atoms with Gasteiger partial charge in [0.15, 0.2) is 0 Å². The summed E-state index contributed by atoms with van der Waals surface area (Å²) in [5.41, 5.74) is 5.64. The van der Waals surface area contributed by atoms with Crippen LogP contribution in [0.1, 0.15) is 75.3 Å². The van der Waals surface area contributed by atoms with Gasteiger partial charge in [0.1, 0.15) is 0 Å². The van der Waals surface area contributed by atoms with Crippen LogP contribution in [0.15, 0.2) is 61.2 Å². The molecule has 2 saturated carbocycles. The van der Waals surface area contributed by atoms with Crippen molar-refractivity contribution >= 4 is 0 Å². The van der Waals surface area contributed by atoms with E-state index >= 15 is 0 Å². The van der Waals surface area contributed by atoms with Crippen LogP contribution in [0.2, 0.25) is 0 Å². The van der Waals surface area contributed by atoms with Gasteiger partial charge in [0.05, 0.1) is 0 Å². The lowest BCUT2D eigenvalue weighted by molar-refractivity contribution is 0.116. The number of rotatable bonds is 6. The molecule has 28 heavy (non-hydrogen) atoms. The van der Waals surface area contributed by atoms with Crippen LogP contribution in [0.5, 0.6) is 0 Å². The second-order valence-corrected chi connectivity index (χ2v) is 9.26. The van der Waals surface area contributed by atoms with E-state index in [0.717, 1.165) is 36.5 Å². The summed E-state index contributed by atoms with van der Waals surface area (Å²) in [5, 5.41) is 0. The fraction of sp³-hybridized carbons (Fsp3) is 0.500. The fourth-order valence-corrected chi connectivity index (χ4v) is 5.74. The Bertz CT molecular complexity index is 752. The molecule has 2 aliphatic carbocycles. The van der Waals surface area contributed by atoms with E-state index in [1.165, 1.54) is 61.6 Å². The molecule has 2 aromatic rings. The van der Waals surface area contributed by atoms with Crippen molar-refractivity contribution in [1.29, 1.82) is 0 Å². The SMILES string of the molecule is C=CCCc1ccc(-c2ccc([C@@H]3CC[C@@H]4CC(CC)CC[C@@H]4C3)cc2)cc1. The van der Waals surface area contributed by atoms with Crippen molar-refractivity contribution in [1.82, 2.24) is 0 Å². The molecular formula is C28H36. The number of hydrogen-bond donors (Lipinski definition) is 0. The van der Waals surface area contributed by atoms with Crippen LogP contribution in [0.25, 0.3) is 11.1 Å². The molecule has 0 nitrogen and oxygen atoms in total. The van der Waals surface area contributed by atoms with Crippen LogP contribution in [0.3, 0.4) is 0 Å². The van der Waals surface area contributed by atoms with Crippen LogP contribution >= 0.6 is 0 Å². The average molecular weight is 373 g/mol. The number of allylic oxidation sites excluding steroid dienone is 1. The van der Waals surface area contributed by atoms with Gasteiger partial charge in [-0.15, -0.1) is 6.58 Å². The molecule has 0 heterocycles. The average Bonchev–Trinajstić information content (AvgIpc) is 2.77. The highest BCUT2D eigenvalue weighted by atomic mass is 14.4. The van der Waals surface area contributed by atoms with Crippen LogP contribution < -0.4 is 0 Å². The third-order valence-corrected chi connectivity index (χ3v) is 7.61. The lowest BCUT2D eigenvalue weighted by Gasteiger charge is -2.42. The zero-order valence-corrected chi connectivity index (χ0v) is 17.6. The van der Waals surface area contributed by atoms with E-state index in [1.807, 2.05) is 6.08 Å². The summed E-state index contributed by atoms with van der Waals surface area (Å²) < 4.78 is 0. The normalized spacial score (nSPS) is 27.2. The Morgan fingerprint density at radius 1 is 0.821 bits per heavy atom. The van der Waals surface area contributed by atoms with Crippen molar-refractivity contribution in [3.63, 3.8) is 0 Å². The van der Waals surface area contributed by atoms with Gasteiger partial charge in [0.25, 0.3) is 0 Å². The molecule has 148 valence electrons. The van der Waals surface area contributed by atoms with Gasteiger partial charge in [-0.3, -0.25) is 0 Å². The van der Waals surface area contributed by atoms with E-state index in [1.54, 1.807) is 5.56 Å². The Morgan fingerprint density at radius 3 is 2.14 bits per heavy atom. The topological polar surface area (TPSA) is 0 Å². The highest BCUT2D eigenvalue weighted by molar-refractivity contribution is 5.64. The summed E-state index contributed by atoms with van der Waals surface area (Å²) >= 11 is 0. The van der Waals surface area contributed by atoms with Gasteiger partial charge in [0.2, 0.25) is 0 Å². The predicted molar refractivity (Wildman–Crippen MR) is 122 cm³/mol. The third kappa shape index (κ3) is 4.43. The van der Waals surface area contributed by atoms with E-state index in [-0.39, 0.29) is 0 Å². The minimum atomic E-state index is 0.787. The molecule has 4 atom stereocenters. The summed E-state index contributed by atoms with van der Waals surface area (Å²) in [6, 6.07) is 18.6. The van der Waals surface area contributed by atoms with Crippen molar-refractivity contribution in [2.24, 2.45) is 17.8 Å². The smallest absolute Gasteiger partial charge is 0.0159 e. The number of benzene rings is 2. The Morgan fingerprint density at radius 2 is 1.46 bits per heavy atom. The molecule has 0 heteroatoms. The number of aryl methyl sites for hydroxylation is 1. The molecule has 2 aliphatic rings. The maximum absolute atomic E-state index is 3.82. The van der Waals surface area contributed by atoms with Crippen LogP contribution in [-0.2, 0) is 6.42 Å². The second kappa shape index (κ2) is 9.12. The summed E-state index contributed by atoms with van der Waals surface area (Å²) in [5.74, 6) is 3.81. The maximum Gasteiger partial charge on any atom is -0.0159 e. The Hall–Kier alpha value is -1.82. The monoisotopic (exact) mass is 372 g/mol. The Kier molecular flexibility index (Phi) is 6.35. The first-order valence-corrected chi connectivity index (χ1v) is 11.6. The summed E-state index contributed by atoms with van der Waals surface area (Å²) in [7, 11) is 0. The molecule has 0 spiro atoms. The zero-order chi connectivity index (χ0) is 19.3. The molecule has 1 unspecified atom stereocenters. The quantitative estimate of drug-likeness (QED) is 0.448.